The van der Waals surface area contributed by atoms with Crippen LogP contribution < -0.4 is 15.2 Å². The van der Waals surface area contributed by atoms with E-state index < -0.39 is 22.7 Å². The number of rotatable bonds is 8. The summed E-state index contributed by atoms with van der Waals surface area (Å²) in [6.07, 6.45) is 0. The molecule has 0 saturated carbocycles. The van der Waals surface area contributed by atoms with E-state index in [1.54, 1.807) is 31.0 Å². The number of sulfonamides is 1. The second-order valence-electron chi connectivity index (χ2n) is 6.17. The van der Waals surface area contributed by atoms with Gasteiger partial charge in [0.05, 0.1) is 10.9 Å². The summed E-state index contributed by atoms with van der Waals surface area (Å²) >= 11 is 0. The molecule has 2 aromatic rings. The van der Waals surface area contributed by atoms with Crippen molar-refractivity contribution in [2.45, 2.75) is 31.0 Å². The number of primary sulfonamides is 1. The number of amides is 1. The van der Waals surface area contributed by atoms with E-state index in [2.05, 4.69) is 10.1 Å². The van der Waals surface area contributed by atoms with Gasteiger partial charge in [-0.05, 0) is 55.9 Å². The van der Waals surface area contributed by atoms with Gasteiger partial charge in [0.15, 0.2) is 0 Å². The molecule has 0 unspecified atom stereocenters. The summed E-state index contributed by atoms with van der Waals surface area (Å²) < 4.78 is 51.1. The highest BCUT2D eigenvalue weighted by atomic mass is 32.2. The van der Waals surface area contributed by atoms with Crippen molar-refractivity contribution < 1.29 is 26.7 Å². The van der Waals surface area contributed by atoms with Crippen molar-refractivity contribution in [1.29, 1.82) is 0 Å². The first-order valence-electron chi connectivity index (χ1n) is 8.24. The molecule has 2 rings (SSSR count). The van der Waals surface area contributed by atoms with Gasteiger partial charge in [0.2, 0.25) is 15.9 Å². The van der Waals surface area contributed by atoms with Crippen LogP contribution in [0.15, 0.2) is 53.4 Å². The first-order chi connectivity index (χ1) is 13.1. The van der Waals surface area contributed by atoms with Gasteiger partial charge < -0.3 is 10.1 Å². The number of benzene rings is 2. The van der Waals surface area contributed by atoms with Gasteiger partial charge in [-0.1, -0.05) is 12.1 Å². The molecule has 0 spiro atoms. The maximum absolute atomic E-state index is 12.4. The summed E-state index contributed by atoms with van der Waals surface area (Å²) in [6.45, 7) is -0.757. The summed E-state index contributed by atoms with van der Waals surface area (Å²) in [4.78, 5) is 14.1. The number of likely N-dealkylation sites (N-methyl/N-ethyl adjacent to an activating group) is 1. The van der Waals surface area contributed by atoms with Gasteiger partial charge in [0, 0.05) is 12.2 Å². The average Bonchev–Trinajstić information content (AvgIpc) is 2.62. The number of carbonyl (C=O) groups excluding carboxylic acids is 1. The zero-order valence-corrected chi connectivity index (χ0v) is 16.1. The summed E-state index contributed by atoms with van der Waals surface area (Å²) in [7, 11) is -2.05. The van der Waals surface area contributed by atoms with E-state index in [0.29, 0.717) is 12.2 Å². The van der Waals surface area contributed by atoms with Crippen molar-refractivity contribution >= 4 is 21.6 Å². The quantitative estimate of drug-likeness (QED) is 0.692. The summed E-state index contributed by atoms with van der Waals surface area (Å²) in [5.41, 5.74) is 1.26. The van der Waals surface area contributed by atoms with Crippen molar-refractivity contribution in [2.75, 3.05) is 12.4 Å². The molecule has 0 aromatic heterocycles. The fraction of sp³-hybridized carbons (Fsp3) is 0.278. The third-order valence-electron chi connectivity index (χ3n) is 4.07. The highest BCUT2D eigenvalue weighted by Gasteiger charge is 2.19. The Morgan fingerprint density at radius 3 is 2.21 bits per heavy atom. The van der Waals surface area contributed by atoms with Crippen LogP contribution in [0, 0.1) is 0 Å². The summed E-state index contributed by atoms with van der Waals surface area (Å²) in [5.74, 6) is -0.223. The fourth-order valence-corrected chi connectivity index (χ4v) is 2.89. The van der Waals surface area contributed by atoms with E-state index in [4.69, 9.17) is 5.14 Å². The van der Waals surface area contributed by atoms with Gasteiger partial charge >= 0.3 is 6.61 Å². The normalized spacial score (nSPS) is 12.8. The Kier molecular flexibility index (Phi) is 7.05. The van der Waals surface area contributed by atoms with Gasteiger partial charge in [0.1, 0.15) is 5.75 Å². The summed E-state index contributed by atoms with van der Waals surface area (Å²) in [5, 5.41) is 7.73. The number of carbonyl (C=O) groups is 1. The molecular formula is C18H21F2N3O4S. The highest BCUT2D eigenvalue weighted by molar-refractivity contribution is 7.89. The number of hydrogen-bond donors (Lipinski definition) is 2. The minimum absolute atomic E-state index is 0.0464. The topological polar surface area (TPSA) is 102 Å². The highest BCUT2D eigenvalue weighted by Crippen LogP contribution is 2.17. The Morgan fingerprint density at radius 1 is 1.14 bits per heavy atom. The van der Waals surface area contributed by atoms with Crippen molar-refractivity contribution in [3.8, 4) is 5.75 Å². The molecule has 2 aromatic carbocycles. The molecular weight excluding hydrogens is 392 g/mol. The molecule has 0 aliphatic carbocycles. The lowest BCUT2D eigenvalue weighted by molar-refractivity contribution is -0.120. The van der Waals surface area contributed by atoms with Gasteiger partial charge in [-0.2, -0.15) is 8.78 Å². The van der Waals surface area contributed by atoms with Crippen LogP contribution >= 0.6 is 0 Å². The number of nitrogens with one attached hydrogen (secondary N) is 1. The van der Waals surface area contributed by atoms with Crippen LogP contribution in [0.5, 0.6) is 5.75 Å². The number of nitrogens with zero attached hydrogens (tertiary/aromatic N) is 1. The first-order valence-corrected chi connectivity index (χ1v) is 9.78. The number of anilines is 1. The van der Waals surface area contributed by atoms with Crippen molar-refractivity contribution in [2.24, 2.45) is 5.14 Å². The Labute approximate surface area is 162 Å². The molecule has 0 aliphatic heterocycles. The van der Waals surface area contributed by atoms with Gasteiger partial charge in [0.25, 0.3) is 0 Å². The molecule has 0 heterocycles. The maximum Gasteiger partial charge on any atom is 0.387 e. The molecule has 0 bridgehead atoms. The zero-order chi connectivity index (χ0) is 20.9. The van der Waals surface area contributed by atoms with Gasteiger partial charge in [-0.3, -0.25) is 9.69 Å². The van der Waals surface area contributed by atoms with E-state index in [1.807, 2.05) is 0 Å². The molecule has 3 N–H and O–H groups in total. The van der Waals surface area contributed by atoms with Crippen LogP contribution in [-0.4, -0.2) is 38.9 Å². The van der Waals surface area contributed by atoms with Crippen LogP contribution in [0.4, 0.5) is 14.5 Å². The predicted octanol–water partition coefficient (Wildman–Crippen LogP) is 2.39. The smallest absolute Gasteiger partial charge is 0.387 e. The van der Waals surface area contributed by atoms with Crippen LogP contribution in [-0.2, 0) is 21.4 Å². The molecule has 0 radical (unpaired) electrons. The largest absolute Gasteiger partial charge is 0.435 e. The number of nitrogens with two attached hydrogens (primary N) is 1. The van der Waals surface area contributed by atoms with E-state index >= 15 is 0 Å². The van der Waals surface area contributed by atoms with Gasteiger partial charge in [-0.15, -0.1) is 0 Å². The first kappa shape index (κ1) is 21.7. The molecule has 0 fully saturated rings. The van der Waals surface area contributed by atoms with E-state index in [1.165, 1.54) is 36.4 Å². The molecule has 1 amide bonds. The third-order valence-corrected chi connectivity index (χ3v) is 5.00. The Hall–Kier alpha value is -2.56. The number of alkyl halides is 2. The van der Waals surface area contributed by atoms with Crippen molar-refractivity contribution in [3.63, 3.8) is 0 Å². The molecule has 152 valence electrons. The Morgan fingerprint density at radius 2 is 1.71 bits per heavy atom. The molecule has 1 atom stereocenters. The molecule has 7 nitrogen and oxygen atoms in total. The SMILES string of the molecule is C[C@H](C(=O)Nc1ccc(S(N)(=O)=O)cc1)N(C)Cc1ccc(OC(F)F)cc1. The minimum atomic E-state index is -3.79. The number of halogens is 2. The zero-order valence-electron chi connectivity index (χ0n) is 15.3. The Bertz CT molecular complexity index is 903. The van der Waals surface area contributed by atoms with Crippen LogP contribution in [0.2, 0.25) is 0 Å². The van der Waals surface area contributed by atoms with Crippen LogP contribution in [0.1, 0.15) is 12.5 Å². The predicted molar refractivity (Wildman–Crippen MR) is 100 cm³/mol. The monoisotopic (exact) mass is 413 g/mol. The number of hydrogen-bond acceptors (Lipinski definition) is 5. The van der Waals surface area contributed by atoms with E-state index in [9.17, 15) is 22.0 Å². The molecule has 0 saturated heterocycles. The summed E-state index contributed by atoms with van der Waals surface area (Å²) in [6, 6.07) is 11.2. The lowest BCUT2D eigenvalue weighted by Gasteiger charge is -2.24. The van der Waals surface area contributed by atoms with Crippen LogP contribution in [0.25, 0.3) is 0 Å². The fourth-order valence-electron chi connectivity index (χ4n) is 2.38. The second-order valence-corrected chi connectivity index (χ2v) is 7.73. The van der Waals surface area contributed by atoms with Crippen molar-refractivity contribution in [1.82, 2.24) is 4.90 Å². The van der Waals surface area contributed by atoms with E-state index in [0.717, 1.165) is 5.56 Å². The molecule has 28 heavy (non-hydrogen) atoms. The number of ether oxygens (including phenoxy) is 1. The van der Waals surface area contributed by atoms with E-state index in [-0.39, 0.29) is 16.6 Å². The standard InChI is InChI=1S/C18H21F2N3O4S/c1-12(17(24)22-14-5-9-16(10-6-14)28(21,25)26)23(2)11-13-3-7-15(8-4-13)27-18(19)20/h3-10,12,18H,11H2,1-2H3,(H,22,24)(H2,21,25,26)/t12-/m1/s1. The lowest BCUT2D eigenvalue weighted by atomic mass is 10.1. The van der Waals surface area contributed by atoms with Gasteiger partial charge in [-0.25, -0.2) is 13.6 Å². The lowest BCUT2D eigenvalue weighted by Crippen LogP contribution is -2.39. The maximum atomic E-state index is 12.4. The minimum Gasteiger partial charge on any atom is -0.435 e. The third kappa shape index (κ3) is 6.25. The molecule has 10 heteroatoms. The second kappa shape index (κ2) is 9.09. The van der Waals surface area contributed by atoms with Crippen molar-refractivity contribution in [3.05, 3.63) is 54.1 Å². The molecule has 0 aliphatic rings. The average molecular weight is 413 g/mol. The Balaban J connectivity index is 1.94. The van der Waals surface area contributed by atoms with Crippen LogP contribution in [0.3, 0.4) is 0 Å².